The molecule has 0 aliphatic heterocycles. The third kappa shape index (κ3) is 2.37. The van der Waals surface area contributed by atoms with Crippen molar-refractivity contribution in [1.82, 2.24) is 9.38 Å². The van der Waals surface area contributed by atoms with E-state index in [0.29, 0.717) is 11.8 Å². The molecule has 0 saturated carbocycles. The number of alkyl halides is 1. The minimum atomic E-state index is 0.355. The van der Waals surface area contributed by atoms with Gasteiger partial charge in [0.2, 0.25) is 5.88 Å². The molecule has 0 radical (unpaired) electrons. The highest BCUT2D eigenvalue weighted by molar-refractivity contribution is 6.17. The summed E-state index contributed by atoms with van der Waals surface area (Å²) in [5.41, 5.74) is 2.98. The second kappa shape index (κ2) is 5.55. The molecule has 20 heavy (non-hydrogen) atoms. The number of ether oxygens (including phenoxy) is 1. The summed E-state index contributed by atoms with van der Waals surface area (Å²) in [6.45, 7) is 2.13. The smallest absolute Gasteiger partial charge is 0.242 e. The number of aromatic nitrogens is 2. The van der Waals surface area contributed by atoms with Crippen LogP contribution in [0.15, 0.2) is 48.7 Å². The van der Waals surface area contributed by atoms with E-state index < -0.39 is 0 Å². The molecule has 4 heteroatoms. The van der Waals surface area contributed by atoms with Crippen molar-refractivity contribution >= 4 is 17.2 Å². The minimum absolute atomic E-state index is 0.355. The molecule has 3 rings (SSSR count). The quantitative estimate of drug-likeness (QED) is 0.663. The largest absolute Gasteiger partial charge is 0.437 e. The predicted molar refractivity (Wildman–Crippen MR) is 80.6 cm³/mol. The first-order valence-corrected chi connectivity index (χ1v) is 7.14. The van der Waals surface area contributed by atoms with Gasteiger partial charge in [-0.05, 0) is 36.2 Å². The van der Waals surface area contributed by atoms with E-state index >= 15 is 0 Å². The number of aryl methyl sites for hydroxylation is 1. The molecule has 0 spiro atoms. The van der Waals surface area contributed by atoms with Crippen LogP contribution >= 0.6 is 11.6 Å². The van der Waals surface area contributed by atoms with Crippen molar-refractivity contribution in [2.75, 3.05) is 0 Å². The van der Waals surface area contributed by atoms with E-state index in [9.17, 15) is 0 Å². The summed E-state index contributed by atoms with van der Waals surface area (Å²) in [6.07, 6.45) is 2.95. The summed E-state index contributed by atoms with van der Waals surface area (Å²) < 4.78 is 7.82. The van der Waals surface area contributed by atoms with Crippen LogP contribution in [0.2, 0.25) is 0 Å². The van der Waals surface area contributed by atoms with Gasteiger partial charge in [-0.2, -0.15) is 4.98 Å². The van der Waals surface area contributed by atoms with Crippen LogP contribution in [0.25, 0.3) is 5.65 Å². The van der Waals surface area contributed by atoms with E-state index in [2.05, 4.69) is 24.0 Å². The third-order valence-electron chi connectivity index (χ3n) is 3.26. The Morgan fingerprint density at radius 2 is 1.95 bits per heavy atom. The topological polar surface area (TPSA) is 26.5 Å². The molecular weight excluding hydrogens is 272 g/mol. The van der Waals surface area contributed by atoms with Gasteiger partial charge in [0.15, 0.2) is 0 Å². The van der Waals surface area contributed by atoms with E-state index in [-0.39, 0.29) is 0 Å². The molecule has 2 heterocycles. The van der Waals surface area contributed by atoms with Crippen molar-refractivity contribution < 1.29 is 4.74 Å². The van der Waals surface area contributed by atoms with E-state index in [4.69, 9.17) is 16.3 Å². The fourth-order valence-electron chi connectivity index (χ4n) is 2.13. The standard InChI is InChI=1S/C16H15ClN2O/c1-2-12-6-8-13(9-7-12)20-16-14(11-17)19-10-4-3-5-15(19)18-16/h3-10H,2,11H2,1H3. The summed E-state index contributed by atoms with van der Waals surface area (Å²) in [7, 11) is 0. The number of nitrogens with zero attached hydrogens (tertiary/aromatic N) is 2. The zero-order valence-electron chi connectivity index (χ0n) is 11.2. The lowest BCUT2D eigenvalue weighted by molar-refractivity contribution is 0.461. The molecule has 3 aromatic rings. The number of hydrogen-bond donors (Lipinski definition) is 0. The lowest BCUT2D eigenvalue weighted by Gasteiger charge is -2.05. The zero-order valence-corrected chi connectivity index (χ0v) is 12.0. The molecule has 0 fully saturated rings. The van der Waals surface area contributed by atoms with Gasteiger partial charge in [-0.3, -0.25) is 4.40 Å². The first-order chi connectivity index (χ1) is 9.81. The number of benzene rings is 1. The van der Waals surface area contributed by atoms with Gasteiger partial charge in [-0.15, -0.1) is 11.6 Å². The zero-order chi connectivity index (χ0) is 13.9. The van der Waals surface area contributed by atoms with Crippen LogP contribution in [0.5, 0.6) is 11.6 Å². The SMILES string of the molecule is CCc1ccc(Oc2nc3ccccn3c2CCl)cc1. The lowest BCUT2D eigenvalue weighted by atomic mass is 10.2. The van der Waals surface area contributed by atoms with Crippen LogP contribution in [-0.2, 0) is 12.3 Å². The van der Waals surface area contributed by atoms with Crippen LogP contribution in [0.3, 0.4) is 0 Å². The third-order valence-corrected chi connectivity index (χ3v) is 3.52. The van der Waals surface area contributed by atoms with Crippen molar-refractivity contribution in [3.63, 3.8) is 0 Å². The highest BCUT2D eigenvalue weighted by Crippen LogP contribution is 2.27. The molecule has 3 nitrogen and oxygen atoms in total. The maximum atomic E-state index is 6.03. The summed E-state index contributed by atoms with van der Waals surface area (Å²) >= 11 is 6.03. The number of halogens is 1. The highest BCUT2D eigenvalue weighted by atomic mass is 35.5. The maximum Gasteiger partial charge on any atom is 0.242 e. The fraction of sp³-hybridized carbons (Fsp3) is 0.188. The molecule has 2 aromatic heterocycles. The second-order valence-corrected chi connectivity index (χ2v) is 4.79. The molecule has 0 N–H and O–H groups in total. The van der Waals surface area contributed by atoms with Crippen molar-refractivity contribution in [2.24, 2.45) is 0 Å². The monoisotopic (exact) mass is 286 g/mol. The van der Waals surface area contributed by atoms with Gasteiger partial charge in [0.25, 0.3) is 0 Å². The number of fused-ring (bicyclic) bond motifs is 1. The first-order valence-electron chi connectivity index (χ1n) is 6.60. The van der Waals surface area contributed by atoms with Crippen LogP contribution in [0, 0.1) is 0 Å². The van der Waals surface area contributed by atoms with Gasteiger partial charge < -0.3 is 4.74 Å². The number of rotatable bonds is 4. The predicted octanol–water partition coefficient (Wildman–Crippen LogP) is 4.43. The fourth-order valence-corrected chi connectivity index (χ4v) is 2.38. The molecule has 0 atom stereocenters. The van der Waals surface area contributed by atoms with Crippen LogP contribution in [0.1, 0.15) is 18.2 Å². The summed E-state index contributed by atoms with van der Waals surface area (Å²) in [4.78, 5) is 4.48. The molecule has 0 saturated heterocycles. The number of hydrogen-bond acceptors (Lipinski definition) is 2. The Balaban J connectivity index is 1.96. The van der Waals surface area contributed by atoms with Gasteiger partial charge in [-0.1, -0.05) is 25.1 Å². The van der Waals surface area contributed by atoms with Crippen LogP contribution in [-0.4, -0.2) is 9.38 Å². The van der Waals surface area contributed by atoms with Gasteiger partial charge >= 0.3 is 0 Å². The Hall–Kier alpha value is -2.00. The highest BCUT2D eigenvalue weighted by Gasteiger charge is 2.12. The Morgan fingerprint density at radius 1 is 1.15 bits per heavy atom. The second-order valence-electron chi connectivity index (χ2n) is 4.53. The van der Waals surface area contributed by atoms with E-state index in [1.807, 2.05) is 40.9 Å². The van der Waals surface area contributed by atoms with Gasteiger partial charge in [-0.25, -0.2) is 0 Å². The summed E-state index contributed by atoms with van der Waals surface area (Å²) in [6, 6.07) is 13.9. The Labute approximate surface area is 122 Å². The average molecular weight is 287 g/mol. The Bertz CT molecular complexity index is 719. The van der Waals surface area contributed by atoms with Gasteiger partial charge in [0.1, 0.15) is 17.1 Å². The van der Waals surface area contributed by atoms with Gasteiger partial charge in [0.05, 0.1) is 5.88 Å². The van der Waals surface area contributed by atoms with Crippen molar-refractivity contribution in [3.8, 4) is 11.6 Å². The van der Waals surface area contributed by atoms with Crippen molar-refractivity contribution in [2.45, 2.75) is 19.2 Å². The first kappa shape index (κ1) is 13.0. The molecule has 0 unspecified atom stereocenters. The lowest BCUT2D eigenvalue weighted by Crippen LogP contribution is -1.92. The molecule has 1 aromatic carbocycles. The normalized spacial score (nSPS) is 10.9. The van der Waals surface area contributed by atoms with Crippen molar-refractivity contribution in [1.29, 1.82) is 0 Å². The van der Waals surface area contributed by atoms with Crippen molar-refractivity contribution in [3.05, 3.63) is 59.9 Å². The molecule has 102 valence electrons. The average Bonchev–Trinajstić information content (AvgIpc) is 2.85. The molecule has 0 bridgehead atoms. The number of imidazole rings is 1. The van der Waals surface area contributed by atoms with Crippen LogP contribution < -0.4 is 4.74 Å². The Morgan fingerprint density at radius 3 is 2.65 bits per heavy atom. The molecule has 0 aliphatic rings. The van der Waals surface area contributed by atoms with E-state index in [1.165, 1.54) is 5.56 Å². The minimum Gasteiger partial charge on any atom is -0.437 e. The summed E-state index contributed by atoms with van der Waals surface area (Å²) in [5, 5.41) is 0. The molecular formula is C16H15ClN2O. The van der Waals surface area contributed by atoms with Crippen LogP contribution in [0.4, 0.5) is 0 Å². The van der Waals surface area contributed by atoms with E-state index in [1.54, 1.807) is 0 Å². The molecule has 0 amide bonds. The van der Waals surface area contributed by atoms with E-state index in [0.717, 1.165) is 23.5 Å². The Kier molecular flexibility index (Phi) is 3.61. The molecule has 0 aliphatic carbocycles. The van der Waals surface area contributed by atoms with Gasteiger partial charge in [0, 0.05) is 6.20 Å². The maximum absolute atomic E-state index is 6.03. The number of pyridine rings is 1. The summed E-state index contributed by atoms with van der Waals surface area (Å²) in [5.74, 6) is 1.69.